The monoisotopic (exact) mass is 320 g/mol. The lowest BCUT2D eigenvalue weighted by Crippen LogP contribution is -2.35. The summed E-state index contributed by atoms with van der Waals surface area (Å²) in [6.45, 7) is 4.43. The van der Waals surface area contributed by atoms with Gasteiger partial charge in [-0.05, 0) is 30.5 Å². The van der Waals surface area contributed by atoms with E-state index in [0.29, 0.717) is 13.1 Å². The van der Waals surface area contributed by atoms with E-state index in [1.165, 1.54) is 18.3 Å². The average Bonchev–Trinajstić information content (AvgIpc) is 3.16. The van der Waals surface area contributed by atoms with E-state index in [2.05, 4.69) is 5.32 Å². The van der Waals surface area contributed by atoms with Gasteiger partial charge in [0.05, 0.1) is 25.3 Å². The van der Waals surface area contributed by atoms with Crippen LogP contribution in [0.3, 0.4) is 0 Å². The van der Waals surface area contributed by atoms with Gasteiger partial charge in [0.2, 0.25) is 11.8 Å². The molecule has 0 spiro atoms. The molecular formula is C16H20N2O3S. The molecule has 0 bridgehead atoms. The van der Waals surface area contributed by atoms with Gasteiger partial charge in [0.1, 0.15) is 5.76 Å². The molecule has 0 saturated heterocycles. The highest BCUT2D eigenvalue weighted by molar-refractivity contribution is 7.10. The average molecular weight is 320 g/mol. The Labute approximate surface area is 133 Å². The van der Waals surface area contributed by atoms with E-state index >= 15 is 0 Å². The molecule has 22 heavy (non-hydrogen) atoms. The zero-order chi connectivity index (χ0) is 15.9. The lowest BCUT2D eigenvalue weighted by atomic mass is 10.1. The van der Waals surface area contributed by atoms with E-state index < -0.39 is 0 Å². The summed E-state index contributed by atoms with van der Waals surface area (Å²) in [5.41, 5.74) is 0. The molecule has 2 amide bonds. The normalized spacial score (nSPS) is 11.9. The Morgan fingerprint density at radius 1 is 1.36 bits per heavy atom. The third kappa shape index (κ3) is 4.46. The molecular weight excluding hydrogens is 300 g/mol. The van der Waals surface area contributed by atoms with Crippen molar-refractivity contribution in [1.29, 1.82) is 0 Å². The van der Waals surface area contributed by atoms with Crippen LogP contribution in [0.25, 0.3) is 0 Å². The zero-order valence-corrected chi connectivity index (χ0v) is 13.6. The summed E-state index contributed by atoms with van der Waals surface area (Å²) >= 11 is 1.54. The van der Waals surface area contributed by atoms with Crippen molar-refractivity contribution in [2.75, 3.05) is 6.54 Å². The van der Waals surface area contributed by atoms with Gasteiger partial charge in [-0.1, -0.05) is 6.07 Å². The molecule has 0 fully saturated rings. The fraction of sp³-hybridized carbons (Fsp3) is 0.375. The predicted molar refractivity (Wildman–Crippen MR) is 85.3 cm³/mol. The van der Waals surface area contributed by atoms with Crippen molar-refractivity contribution < 1.29 is 14.0 Å². The largest absolute Gasteiger partial charge is 0.467 e. The van der Waals surface area contributed by atoms with Crippen LogP contribution in [-0.4, -0.2) is 23.3 Å². The van der Waals surface area contributed by atoms with Crippen molar-refractivity contribution in [3.63, 3.8) is 0 Å². The second-order valence-corrected chi connectivity index (χ2v) is 5.94. The van der Waals surface area contributed by atoms with Crippen LogP contribution >= 0.6 is 11.3 Å². The number of carbonyl (C=O) groups excluding carboxylic acids is 2. The van der Waals surface area contributed by atoms with Crippen LogP contribution < -0.4 is 5.32 Å². The van der Waals surface area contributed by atoms with Gasteiger partial charge >= 0.3 is 0 Å². The van der Waals surface area contributed by atoms with Crippen molar-refractivity contribution in [2.24, 2.45) is 0 Å². The summed E-state index contributed by atoms with van der Waals surface area (Å²) in [6.07, 6.45) is 1.84. The first-order chi connectivity index (χ1) is 10.6. The van der Waals surface area contributed by atoms with Crippen LogP contribution in [0.1, 0.15) is 36.9 Å². The Balaban J connectivity index is 2.04. The van der Waals surface area contributed by atoms with Crippen molar-refractivity contribution >= 4 is 23.2 Å². The molecule has 118 valence electrons. The third-order valence-corrected chi connectivity index (χ3v) is 4.29. The van der Waals surface area contributed by atoms with Crippen LogP contribution in [0.2, 0.25) is 0 Å². The van der Waals surface area contributed by atoms with Gasteiger partial charge in [-0.15, -0.1) is 11.3 Å². The van der Waals surface area contributed by atoms with Crippen LogP contribution in [-0.2, 0) is 16.1 Å². The first-order valence-corrected chi connectivity index (χ1v) is 8.08. The Kier molecular flexibility index (Phi) is 5.77. The summed E-state index contributed by atoms with van der Waals surface area (Å²) in [4.78, 5) is 26.6. The first kappa shape index (κ1) is 16.3. The highest BCUT2D eigenvalue weighted by Gasteiger charge is 2.22. The molecule has 0 aliphatic rings. The lowest BCUT2D eigenvalue weighted by molar-refractivity contribution is -0.132. The maximum atomic E-state index is 12.5. The highest BCUT2D eigenvalue weighted by Crippen LogP contribution is 2.23. The van der Waals surface area contributed by atoms with Crippen molar-refractivity contribution in [3.05, 3.63) is 46.5 Å². The fourth-order valence-corrected chi connectivity index (χ4v) is 3.01. The second kappa shape index (κ2) is 7.79. The van der Waals surface area contributed by atoms with Crippen LogP contribution in [0.4, 0.5) is 0 Å². The number of thiophene rings is 1. The van der Waals surface area contributed by atoms with Crippen molar-refractivity contribution in [3.8, 4) is 0 Å². The summed E-state index contributed by atoms with van der Waals surface area (Å²) in [7, 11) is 0. The van der Waals surface area contributed by atoms with E-state index in [1.54, 1.807) is 17.2 Å². The summed E-state index contributed by atoms with van der Waals surface area (Å²) in [5.74, 6) is 0.605. The molecule has 1 N–H and O–H groups in total. The van der Waals surface area contributed by atoms with Gasteiger partial charge in [-0.25, -0.2) is 0 Å². The maximum Gasteiger partial charge on any atom is 0.225 e. The van der Waals surface area contributed by atoms with Gasteiger partial charge in [0.15, 0.2) is 0 Å². The SMILES string of the molecule is CCN(Cc1ccco1)C(=O)C[C@H](NC(C)=O)c1cccs1. The quantitative estimate of drug-likeness (QED) is 0.853. The van der Waals surface area contributed by atoms with Gasteiger partial charge in [0.25, 0.3) is 0 Å². The minimum atomic E-state index is -0.282. The summed E-state index contributed by atoms with van der Waals surface area (Å²) in [6, 6.07) is 7.22. The Hall–Kier alpha value is -2.08. The summed E-state index contributed by atoms with van der Waals surface area (Å²) < 4.78 is 5.30. The number of amides is 2. The smallest absolute Gasteiger partial charge is 0.225 e. The molecule has 2 aromatic heterocycles. The standard InChI is InChI=1S/C16H20N2O3S/c1-3-18(11-13-6-4-8-21-13)16(20)10-14(17-12(2)19)15-7-5-9-22-15/h4-9,14H,3,10-11H2,1-2H3,(H,17,19)/t14-/m0/s1. The molecule has 0 radical (unpaired) electrons. The molecule has 0 aromatic carbocycles. The van der Waals surface area contributed by atoms with Crippen molar-refractivity contribution in [2.45, 2.75) is 32.9 Å². The number of nitrogens with zero attached hydrogens (tertiary/aromatic N) is 1. The van der Waals surface area contributed by atoms with E-state index in [9.17, 15) is 9.59 Å². The lowest BCUT2D eigenvalue weighted by Gasteiger charge is -2.23. The Bertz CT molecular complexity index is 593. The van der Waals surface area contributed by atoms with Crippen LogP contribution in [0, 0.1) is 0 Å². The van der Waals surface area contributed by atoms with Gasteiger partial charge in [-0.2, -0.15) is 0 Å². The van der Waals surface area contributed by atoms with E-state index in [0.717, 1.165) is 10.6 Å². The topological polar surface area (TPSA) is 62.6 Å². The fourth-order valence-electron chi connectivity index (χ4n) is 2.23. The molecule has 6 heteroatoms. The van der Waals surface area contributed by atoms with Gasteiger partial charge in [0, 0.05) is 18.3 Å². The van der Waals surface area contributed by atoms with E-state index in [1.807, 2.05) is 30.5 Å². The molecule has 1 atom stereocenters. The van der Waals surface area contributed by atoms with Crippen molar-refractivity contribution in [1.82, 2.24) is 10.2 Å². The molecule has 5 nitrogen and oxygen atoms in total. The summed E-state index contributed by atoms with van der Waals surface area (Å²) in [5, 5.41) is 4.79. The van der Waals surface area contributed by atoms with Crippen LogP contribution in [0.5, 0.6) is 0 Å². The molecule has 2 heterocycles. The predicted octanol–water partition coefficient (Wildman–Crippen LogP) is 2.96. The molecule has 0 unspecified atom stereocenters. The number of carbonyl (C=O) groups is 2. The number of hydrogen-bond acceptors (Lipinski definition) is 4. The first-order valence-electron chi connectivity index (χ1n) is 7.20. The third-order valence-electron chi connectivity index (χ3n) is 3.30. The molecule has 0 saturated carbocycles. The number of hydrogen-bond donors (Lipinski definition) is 1. The number of rotatable bonds is 7. The van der Waals surface area contributed by atoms with Gasteiger partial charge in [-0.3, -0.25) is 9.59 Å². The highest BCUT2D eigenvalue weighted by atomic mass is 32.1. The van der Waals surface area contributed by atoms with E-state index in [4.69, 9.17) is 4.42 Å². The maximum absolute atomic E-state index is 12.5. The molecule has 0 aliphatic carbocycles. The molecule has 0 aliphatic heterocycles. The van der Waals surface area contributed by atoms with E-state index in [-0.39, 0.29) is 24.3 Å². The second-order valence-electron chi connectivity index (χ2n) is 4.96. The molecule has 2 rings (SSSR count). The number of furan rings is 1. The Morgan fingerprint density at radius 3 is 2.73 bits per heavy atom. The van der Waals surface area contributed by atoms with Crippen LogP contribution in [0.15, 0.2) is 40.3 Å². The zero-order valence-electron chi connectivity index (χ0n) is 12.7. The Morgan fingerprint density at radius 2 is 2.18 bits per heavy atom. The van der Waals surface area contributed by atoms with Gasteiger partial charge < -0.3 is 14.6 Å². The minimum Gasteiger partial charge on any atom is -0.467 e. The minimum absolute atomic E-state index is 0.00829. The molecule has 2 aromatic rings. The number of nitrogens with one attached hydrogen (secondary N) is 1.